The van der Waals surface area contributed by atoms with E-state index in [1.54, 1.807) is 24.3 Å². The number of halogens is 1. The lowest BCUT2D eigenvalue weighted by molar-refractivity contribution is 0.106. The van der Waals surface area contributed by atoms with Crippen molar-refractivity contribution in [2.24, 2.45) is 5.73 Å². The van der Waals surface area contributed by atoms with Crippen LogP contribution < -0.4 is 10.5 Å². The molecule has 3 nitrogen and oxygen atoms in total. The number of nitrogens with two attached hydrogens (primary N) is 1. The molecule has 1 atom stereocenters. The summed E-state index contributed by atoms with van der Waals surface area (Å²) in [6.45, 7) is 2.32. The Kier molecular flexibility index (Phi) is 4.71. The molecule has 106 valence electrons. The number of aliphatic hydroxyl groups is 1. The van der Waals surface area contributed by atoms with Crippen molar-refractivity contribution >= 4 is 0 Å². The molecular weight excluding hydrogens is 257 g/mol. The van der Waals surface area contributed by atoms with Gasteiger partial charge in [-0.2, -0.15) is 0 Å². The molecule has 4 heteroatoms. The van der Waals surface area contributed by atoms with E-state index in [1.807, 2.05) is 19.1 Å². The van der Waals surface area contributed by atoms with Gasteiger partial charge in [-0.25, -0.2) is 4.39 Å². The second-order valence-corrected chi connectivity index (χ2v) is 4.71. The zero-order chi connectivity index (χ0) is 14.5. The Morgan fingerprint density at radius 2 is 1.90 bits per heavy atom. The predicted octanol–water partition coefficient (Wildman–Crippen LogP) is 2.71. The summed E-state index contributed by atoms with van der Waals surface area (Å²) < 4.78 is 18.8. The van der Waals surface area contributed by atoms with Crippen LogP contribution in [0.15, 0.2) is 42.5 Å². The highest BCUT2D eigenvalue weighted by molar-refractivity contribution is 5.30. The topological polar surface area (TPSA) is 55.5 Å². The molecule has 20 heavy (non-hydrogen) atoms. The largest absolute Gasteiger partial charge is 0.487 e. The lowest BCUT2D eigenvalue weighted by Gasteiger charge is -2.14. The van der Waals surface area contributed by atoms with E-state index in [9.17, 15) is 9.50 Å². The van der Waals surface area contributed by atoms with Gasteiger partial charge in [-0.15, -0.1) is 0 Å². The highest BCUT2D eigenvalue weighted by Crippen LogP contribution is 2.21. The van der Waals surface area contributed by atoms with E-state index in [-0.39, 0.29) is 12.4 Å². The van der Waals surface area contributed by atoms with E-state index < -0.39 is 11.9 Å². The summed E-state index contributed by atoms with van der Waals surface area (Å²) in [7, 11) is 0. The van der Waals surface area contributed by atoms with E-state index in [2.05, 4.69) is 0 Å². The number of hydrogen-bond donors (Lipinski definition) is 2. The lowest BCUT2D eigenvalue weighted by atomic mass is 10.1. The molecule has 0 aliphatic rings. The van der Waals surface area contributed by atoms with Crippen molar-refractivity contribution in [2.45, 2.75) is 19.6 Å². The monoisotopic (exact) mass is 275 g/mol. The number of aliphatic hydroxyl groups excluding tert-OH is 1. The maximum atomic E-state index is 13.5. The Labute approximate surface area is 117 Å². The third-order valence-corrected chi connectivity index (χ3v) is 3.08. The van der Waals surface area contributed by atoms with Crippen LogP contribution in [-0.4, -0.2) is 11.7 Å². The van der Waals surface area contributed by atoms with Crippen molar-refractivity contribution in [2.75, 3.05) is 6.61 Å². The number of rotatable bonds is 5. The van der Waals surface area contributed by atoms with E-state index >= 15 is 0 Å². The highest BCUT2D eigenvalue weighted by atomic mass is 19.1. The molecule has 0 bridgehead atoms. The Bertz CT molecular complexity index is 569. The average molecular weight is 275 g/mol. The number of hydrogen-bond acceptors (Lipinski definition) is 3. The zero-order valence-electron chi connectivity index (χ0n) is 11.3. The lowest BCUT2D eigenvalue weighted by Crippen LogP contribution is -2.10. The second-order valence-electron chi connectivity index (χ2n) is 4.71. The van der Waals surface area contributed by atoms with Gasteiger partial charge in [-0.1, -0.05) is 30.3 Å². The second kappa shape index (κ2) is 6.50. The van der Waals surface area contributed by atoms with Crippen molar-refractivity contribution in [3.8, 4) is 5.75 Å². The first-order valence-corrected chi connectivity index (χ1v) is 6.46. The molecular formula is C16H18FNO2. The first-order chi connectivity index (χ1) is 9.60. The van der Waals surface area contributed by atoms with Crippen LogP contribution in [0.5, 0.6) is 5.75 Å². The Balaban J connectivity index is 2.00. The molecule has 0 radical (unpaired) electrons. The van der Waals surface area contributed by atoms with E-state index in [4.69, 9.17) is 10.5 Å². The standard InChI is InChI=1S/C16H18FNO2/c1-11-2-7-14(17)16(8-11)20-10-15(19)13-5-3-12(9-18)4-6-13/h2-8,15,19H,9-10,18H2,1H3. The molecule has 0 saturated carbocycles. The summed E-state index contributed by atoms with van der Waals surface area (Å²) in [6.07, 6.45) is -0.804. The molecule has 0 fully saturated rings. The number of benzene rings is 2. The van der Waals surface area contributed by atoms with E-state index in [0.717, 1.165) is 16.7 Å². The third kappa shape index (κ3) is 3.56. The molecule has 0 aliphatic carbocycles. The quantitative estimate of drug-likeness (QED) is 0.882. The summed E-state index contributed by atoms with van der Waals surface area (Å²) >= 11 is 0. The van der Waals surface area contributed by atoms with Crippen LogP contribution in [0.3, 0.4) is 0 Å². The van der Waals surface area contributed by atoms with Crippen molar-refractivity contribution in [1.29, 1.82) is 0 Å². The molecule has 0 aromatic heterocycles. The van der Waals surface area contributed by atoms with Crippen molar-refractivity contribution in [3.63, 3.8) is 0 Å². The minimum atomic E-state index is -0.804. The summed E-state index contributed by atoms with van der Waals surface area (Å²) in [5, 5.41) is 10.0. The van der Waals surface area contributed by atoms with Gasteiger partial charge in [0, 0.05) is 6.54 Å². The van der Waals surface area contributed by atoms with Crippen LogP contribution in [0.2, 0.25) is 0 Å². The Morgan fingerprint density at radius 3 is 2.55 bits per heavy atom. The smallest absolute Gasteiger partial charge is 0.165 e. The molecule has 2 rings (SSSR count). The SMILES string of the molecule is Cc1ccc(F)c(OCC(O)c2ccc(CN)cc2)c1. The first kappa shape index (κ1) is 14.5. The van der Waals surface area contributed by atoms with Gasteiger partial charge in [0.2, 0.25) is 0 Å². The normalized spacial score (nSPS) is 12.2. The van der Waals surface area contributed by atoms with Crippen LogP contribution in [0.25, 0.3) is 0 Å². The predicted molar refractivity (Wildman–Crippen MR) is 75.9 cm³/mol. The van der Waals surface area contributed by atoms with Gasteiger partial charge in [-0.05, 0) is 35.7 Å². The van der Waals surface area contributed by atoms with Crippen molar-refractivity contribution < 1.29 is 14.2 Å². The Morgan fingerprint density at radius 1 is 1.20 bits per heavy atom. The molecule has 0 aliphatic heterocycles. The van der Waals surface area contributed by atoms with E-state index in [1.165, 1.54) is 6.07 Å². The molecule has 1 unspecified atom stereocenters. The van der Waals surface area contributed by atoms with Crippen LogP contribution in [0.4, 0.5) is 4.39 Å². The maximum Gasteiger partial charge on any atom is 0.165 e. The van der Waals surface area contributed by atoms with Crippen LogP contribution in [-0.2, 0) is 6.54 Å². The number of ether oxygens (including phenoxy) is 1. The van der Waals surface area contributed by atoms with Crippen molar-refractivity contribution in [1.82, 2.24) is 0 Å². The van der Waals surface area contributed by atoms with Gasteiger partial charge in [0.15, 0.2) is 11.6 Å². The van der Waals surface area contributed by atoms with Crippen LogP contribution >= 0.6 is 0 Å². The third-order valence-electron chi connectivity index (χ3n) is 3.08. The maximum absolute atomic E-state index is 13.5. The van der Waals surface area contributed by atoms with Gasteiger partial charge in [0.1, 0.15) is 12.7 Å². The molecule has 0 spiro atoms. The molecule has 0 heterocycles. The summed E-state index contributed by atoms with van der Waals surface area (Å²) in [5.74, 6) is -0.274. The summed E-state index contributed by atoms with van der Waals surface area (Å²) in [6, 6.07) is 11.9. The molecule has 0 amide bonds. The number of aryl methyl sites for hydroxylation is 1. The fraction of sp³-hybridized carbons (Fsp3) is 0.250. The first-order valence-electron chi connectivity index (χ1n) is 6.46. The van der Waals surface area contributed by atoms with Gasteiger partial charge in [0.05, 0.1) is 0 Å². The van der Waals surface area contributed by atoms with Crippen LogP contribution in [0.1, 0.15) is 22.8 Å². The molecule has 2 aromatic carbocycles. The van der Waals surface area contributed by atoms with Gasteiger partial charge in [0.25, 0.3) is 0 Å². The zero-order valence-corrected chi connectivity index (χ0v) is 11.3. The van der Waals surface area contributed by atoms with Crippen LogP contribution in [0, 0.1) is 12.7 Å². The molecule has 0 saturated heterocycles. The van der Waals surface area contributed by atoms with Gasteiger partial charge >= 0.3 is 0 Å². The molecule has 2 aromatic rings. The fourth-order valence-corrected chi connectivity index (χ4v) is 1.86. The van der Waals surface area contributed by atoms with Gasteiger partial charge < -0.3 is 15.6 Å². The van der Waals surface area contributed by atoms with Crippen molar-refractivity contribution in [3.05, 3.63) is 65.0 Å². The fourth-order valence-electron chi connectivity index (χ4n) is 1.86. The summed E-state index contributed by atoms with van der Waals surface area (Å²) in [4.78, 5) is 0. The minimum Gasteiger partial charge on any atom is -0.487 e. The Hall–Kier alpha value is -1.91. The minimum absolute atomic E-state index is 0.00233. The van der Waals surface area contributed by atoms with Gasteiger partial charge in [-0.3, -0.25) is 0 Å². The summed E-state index contributed by atoms with van der Waals surface area (Å²) in [5.41, 5.74) is 8.13. The highest BCUT2D eigenvalue weighted by Gasteiger charge is 2.10. The molecule has 3 N–H and O–H groups in total. The average Bonchev–Trinajstić information content (AvgIpc) is 2.48. The van der Waals surface area contributed by atoms with E-state index in [0.29, 0.717) is 6.54 Å².